The molecule has 4 nitrogen and oxygen atoms in total. The lowest BCUT2D eigenvalue weighted by atomic mass is 10.0. The van der Waals surface area contributed by atoms with Gasteiger partial charge in [-0.15, -0.1) is 0 Å². The third-order valence-corrected chi connectivity index (χ3v) is 3.38. The quantitative estimate of drug-likeness (QED) is 0.926. The van der Waals surface area contributed by atoms with Crippen LogP contribution < -0.4 is 5.32 Å². The molecule has 0 aliphatic heterocycles. The molecule has 0 aliphatic rings. The van der Waals surface area contributed by atoms with Crippen molar-refractivity contribution in [1.29, 1.82) is 0 Å². The molecule has 1 atom stereocenters. The van der Waals surface area contributed by atoms with Crippen molar-refractivity contribution in [2.45, 2.75) is 33.4 Å². The van der Waals surface area contributed by atoms with Gasteiger partial charge in [-0.05, 0) is 33.9 Å². The van der Waals surface area contributed by atoms with Gasteiger partial charge >= 0.3 is 0 Å². The van der Waals surface area contributed by atoms with Crippen LogP contribution >= 0.6 is 11.6 Å². The van der Waals surface area contributed by atoms with Gasteiger partial charge in [-0.2, -0.15) is 5.10 Å². The fourth-order valence-electron chi connectivity index (χ4n) is 2.29. The molecule has 0 fully saturated rings. The first-order valence-electron chi connectivity index (χ1n) is 6.03. The highest BCUT2D eigenvalue weighted by Crippen LogP contribution is 2.31. The van der Waals surface area contributed by atoms with Crippen molar-refractivity contribution in [2.24, 2.45) is 0 Å². The first-order chi connectivity index (χ1) is 8.58. The molecule has 2 heterocycles. The SMILES string of the molecule is CCn1ncc(Cl)c1C(NC)c1cc(C)oc1C. The van der Waals surface area contributed by atoms with Crippen LogP contribution in [0.5, 0.6) is 0 Å². The van der Waals surface area contributed by atoms with Crippen LogP contribution in [0.1, 0.15) is 35.7 Å². The van der Waals surface area contributed by atoms with Gasteiger partial charge in [0, 0.05) is 12.1 Å². The highest BCUT2D eigenvalue weighted by molar-refractivity contribution is 6.31. The van der Waals surface area contributed by atoms with Crippen LogP contribution in [0.2, 0.25) is 5.02 Å². The zero-order chi connectivity index (χ0) is 13.3. The van der Waals surface area contributed by atoms with Crippen molar-refractivity contribution in [1.82, 2.24) is 15.1 Å². The second kappa shape index (κ2) is 5.16. The van der Waals surface area contributed by atoms with Crippen molar-refractivity contribution in [3.05, 3.63) is 40.1 Å². The van der Waals surface area contributed by atoms with E-state index in [2.05, 4.69) is 10.4 Å². The summed E-state index contributed by atoms with van der Waals surface area (Å²) in [6.07, 6.45) is 1.69. The van der Waals surface area contributed by atoms with Crippen molar-refractivity contribution in [3.63, 3.8) is 0 Å². The maximum atomic E-state index is 6.25. The van der Waals surface area contributed by atoms with Gasteiger partial charge in [0.1, 0.15) is 11.5 Å². The number of aromatic nitrogens is 2. The van der Waals surface area contributed by atoms with Gasteiger partial charge < -0.3 is 9.73 Å². The number of halogens is 1. The molecule has 1 unspecified atom stereocenters. The number of furan rings is 1. The molecule has 2 aromatic heterocycles. The molecule has 1 N–H and O–H groups in total. The van der Waals surface area contributed by atoms with Gasteiger partial charge in [-0.25, -0.2) is 0 Å². The van der Waals surface area contributed by atoms with Crippen LogP contribution in [0.3, 0.4) is 0 Å². The molecule has 0 radical (unpaired) electrons. The van der Waals surface area contributed by atoms with Gasteiger partial charge in [-0.3, -0.25) is 4.68 Å². The molecule has 0 amide bonds. The number of hydrogen-bond acceptors (Lipinski definition) is 3. The zero-order valence-electron chi connectivity index (χ0n) is 11.1. The smallest absolute Gasteiger partial charge is 0.106 e. The average Bonchev–Trinajstić information content (AvgIpc) is 2.85. The Hall–Kier alpha value is -1.26. The second-order valence-electron chi connectivity index (χ2n) is 4.28. The highest BCUT2D eigenvalue weighted by atomic mass is 35.5. The molecular formula is C13H18ClN3O. The zero-order valence-corrected chi connectivity index (χ0v) is 11.9. The maximum absolute atomic E-state index is 6.25. The van der Waals surface area contributed by atoms with E-state index in [0.717, 1.165) is 29.3 Å². The Kier molecular flexibility index (Phi) is 3.78. The summed E-state index contributed by atoms with van der Waals surface area (Å²) in [7, 11) is 1.91. The summed E-state index contributed by atoms with van der Waals surface area (Å²) in [5, 5.41) is 8.24. The van der Waals surface area contributed by atoms with E-state index >= 15 is 0 Å². The minimum atomic E-state index is -0.00241. The Morgan fingerprint density at radius 3 is 2.72 bits per heavy atom. The number of aryl methyl sites for hydroxylation is 3. The van der Waals surface area contributed by atoms with Gasteiger partial charge in [-0.1, -0.05) is 11.6 Å². The summed E-state index contributed by atoms with van der Waals surface area (Å²) in [5.41, 5.74) is 2.08. The van der Waals surface area contributed by atoms with Crippen LogP contribution in [0.25, 0.3) is 0 Å². The van der Waals surface area contributed by atoms with Gasteiger partial charge in [0.05, 0.1) is 23.0 Å². The monoisotopic (exact) mass is 267 g/mol. The van der Waals surface area contributed by atoms with Crippen LogP contribution in [0.15, 0.2) is 16.7 Å². The van der Waals surface area contributed by atoms with E-state index in [0.29, 0.717) is 5.02 Å². The Bertz CT molecular complexity index is 544. The van der Waals surface area contributed by atoms with Gasteiger partial charge in [0.25, 0.3) is 0 Å². The van der Waals surface area contributed by atoms with E-state index in [1.807, 2.05) is 38.6 Å². The largest absolute Gasteiger partial charge is 0.466 e. The molecule has 5 heteroatoms. The second-order valence-corrected chi connectivity index (χ2v) is 4.69. The van der Waals surface area contributed by atoms with E-state index in [-0.39, 0.29) is 6.04 Å². The molecule has 2 rings (SSSR count). The molecule has 0 aliphatic carbocycles. The molecule has 0 saturated heterocycles. The summed E-state index contributed by atoms with van der Waals surface area (Å²) in [6.45, 7) is 6.75. The molecule has 18 heavy (non-hydrogen) atoms. The van der Waals surface area contributed by atoms with Crippen molar-refractivity contribution < 1.29 is 4.42 Å². The number of rotatable bonds is 4. The lowest BCUT2D eigenvalue weighted by molar-refractivity contribution is 0.492. The summed E-state index contributed by atoms with van der Waals surface area (Å²) in [6, 6.07) is 2.04. The third kappa shape index (κ3) is 2.18. The van der Waals surface area contributed by atoms with Crippen molar-refractivity contribution in [2.75, 3.05) is 7.05 Å². The fraction of sp³-hybridized carbons (Fsp3) is 0.462. The standard InChI is InChI=1S/C13H18ClN3O/c1-5-17-13(11(14)7-16-17)12(15-4)10-6-8(2)18-9(10)3/h6-7,12,15H,5H2,1-4H3. The average molecular weight is 268 g/mol. The van der Waals surface area contributed by atoms with E-state index < -0.39 is 0 Å². The highest BCUT2D eigenvalue weighted by Gasteiger charge is 2.23. The number of nitrogens with zero attached hydrogens (tertiary/aromatic N) is 2. The number of nitrogens with one attached hydrogen (secondary N) is 1. The minimum absolute atomic E-state index is 0.00241. The molecule has 0 spiro atoms. The normalized spacial score (nSPS) is 12.9. The molecule has 0 bridgehead atoms. The van der Waals surface area contributed by atoms with Crippen LogP contribution in [0, 0.1) is 13.8 Å². The molecule has 98 valence electrons. The molecule has 0 saturated carbocycles. The Morgan fingerprint density at radius 2 is 2.22 bits per heavy atom. The topological polar surface area (TPSA) is 43.0 Å². The lowest BCUT2D eigenvalue weighted by Crippen LogP contribution is -2.22. The summed E-state index contributed by atoms with van der Waals surface area (Å²) >= 11 is 6.25. The van der Waals surface area contributed by atoms with Crippen LogP contribution in [-0.4, -0.2) is 16.8 Å². The van der Waals surface area contributed by atoms with Gasteiger partial charge in [0.15, 0.2) is 0 Å². The first-order valence-corrected chi connectivity index (χ1v) is 6.41. The first kappa shape index (κ1) is 13.2. The Balaban J connectivity index is 2.51. The van der Waals surface area contributed by atoms with E-state index in [4.69, 9.17) is 16.0 Å². The molecular weight excluding hydrogens is 250 g/mol. The summed E-state index contributed by atoms with van der Waals surface area (Å²) in [5.74, 6) is 1.81. The fourth-order valence-corrected chi connectivity index (χ4v) is 2.54. The van der Waals surface area contributed by atoms with Crippen molar-refractivity contribution in [3.8, 4) is 0 Å². The third-order valence-electron chi connectivity index (χ3n) is 3.09. The lowest BCUT2D eigenvalue weighted by Gasteiger charge is -2.17. The van der Waals surface area contributed by atoms with Crippen LogP contribution in [0.4, 0.5) is 0 Å². The van der Waals surface area contributed by atoms with Gasteiger partial charge in [0.2, 0.25) is 0 Å². The maximum Gasteiger partial charge on any atom is 0.106 e. The molecule has 0 aromatic carbocycles. The predicted octanol–water partition coefficient (Wildman–Crippen LogP) is 3.08. The minimum Gasteiger partial charge on any atom is -0.466 e. The van der Waals surface area contributed by atoms with Crippen molar-refractivity contribution >= 4 is 11.6 Å². The molecule has 2 aromatic rings. The summed E-state index contributed by atoms with van der Waals surface area (Å²) < 4.78 is 7.50. The Morgan fingerprint density at radius 1 is 1.50 bits per heavy atom. The van der Waals surface area contributed by atoms with E-state index in [1.54, 1.807) is 6.20 Å². The van der Waals surface area contributed by atoms with Crippen LogP contribution in [-0.2, 0) is 6.54 Å². The summed E-state index contributed by atoms with van der Waals surface area (Å²) in [4.78, 5) is 0. The predicted molar refractivity (Wildman–Crippen MR) is 72.0 cm³/mol. The van der Waals surface area contributed by atoms with E-state index in [1.165, 1.54) is 0 Å². The Labute approximate surface area is 112 Å². The number of hydrogen-bond donors (Lipinski definition) is 1. The van der Waals surface area contributed by atoms with E-state index in [9.17, 15) is 0 Å².